The van der Waals surface area contributed by atoms with E-state index in [0.717, 1.165) is 4.90 Å². The Morgan fingerprint density at radius 3 is 2.15 bits per heavy atom. The normalized spacial score (nSPS) is 16.8. The zero-order valence-corrected chi connectivity index (χ0v) is 21.9. The number of rotatable bonds is 3. The number of carbonyl (C=O) groups is 3. The summed E-state index contributed by atoms with van der Waals surface area (Å²) in [6.45, 7) is 9.89. The van der Waals surface area contributed by atoms with E-state index in [2.05, 4.69) is 15.9 Å². The van der Waals surface area contributed by atoms with Gasteiger partial charge in [0.25, 0.3) is 0 Å². The van der Waals surface area contributed by atoms with Crippen LogP contribution in [-0.2, 0) is 29.1 Å². The van der Waals surface area contributed by atoms with Crippen LogP contribution in [0, 0.1) is 0 Å². The summed E-state index contributed by atoms with van der Waals surface area (Å²) in [6.07, 6.45) is -1.44. The number of hydrogen-bond acceptors (Lipinski definition) is 8. The van der Waals surface area contributed by atoms with E-state index in [1.54, 1.807) is 26.8 Å². The van der Waals surface area contributed by atoms with Crippen molar-refractivity contribution in [1.29, 1.82) is 0 Å². The molecular formula is C21H29BrN2O8S. The van der Waals surface area contributed by atoms with Gasteiger partial charge in [0.15, 0.2) is 0 Å². The van der Waals surface area contributed by atoms with Crippen LogP contribution >= 0.6 is 15.9 Å². The van der Waals surface area contributed by atoms with Crippen LogP contribution in [0.5, 0.6) is 0 Å². The molecule has 0 N–H and O–H groups in total. The molecule has 12 heteroatoms. The minimum absolute atomic E-state index is 0.0771. The molecule has 1 saturated heterocycles. The highest BCUT2D eigenvalue weighted by Crippen LogP contribution is 2.28. The first-order valence-electron chi connectivity index (χ1n) is 10.3. The van der Waals surface area contributed by atoms with Crippen molar-refractivity contribution in [3.63, 3.8) is 0 Å². The Morgan fingerprint density at radius 2 is 1.61 bits per heavy atom. The smallest absolute Gasteiger partial charge is 0.444 e. The molecule has 2 rings (SSSR count). The lowest BCUT2D eigenvalue weighted by Crippen LogP contribution is -2.48. The van der Waals surface area contributed by atoms with Gasteiger partial charge in [0.05, 0.1) is 0 Å². The van der Waals surface area contributed by atoms with Gasteiger partial charge in [-0.2, -0.15) is 8.42 Å². The van der Waals surface area contributed by atoms with Crippen LogP contribution in [0.15, 0.2) is 33.6 Å². The molecule has 0 aliphatic carbocycles. The molecule has 10 nitrogen and oxygen atoms in total. The van der Waals surface area contributed by atoms with Crippen LogP contribution in [-0.4, -0.2) is 59.7 Å². The third-order valence-electron chi connectivity index (χ3n) is 4.20. The van der Waals surface area contributed by atoms with Gasteiger partial charge in [-0.15, -0.1) is 0 Å². The molecule has 0 bridgehead atoms. The summed E-state index contributed by atoms with van der Waals surface area (Å²) in [6, 6.07) is 4.62. The third-order valence-corrected chi connectivity index (χ3v) is 6.73. The van der Waals surface area contributed by atoms with Gasteiger partial charge >= 0.3 is 28.2 Å². The van der Waals surface area contributed by atoms with Crippen LogP contribution < -0.4 is 0 Å². The Bertz CT molecular complexity index is 1010. The van der Waals surface area contributed by atoms with E-state index in [9.17, 15) is 22.8 Å². The lowest BCUT2D eigenvalue weighted by molar-refractivity contribution is -0.172. The molecule has 1 atom stereocenters. The minimum atomic E-state index is -4.66. The standard InChI is InChI=1S/C21H29BrN2O8S/c1-20(2,3)30-18(26)23-13-9-11-15(23)17(25)32-24(19(27)31-21(4,5)6)33(28,29)16-12-8-7-10-14(16)22/h7-8,10,12,15H,9,11,13H2,1-6H3/t15-/m0/s1. The molecule has 0 aromatic heterocycles. The van der Waals surface area contributed by atoms with Crippen LogP contribution in [0.1, 0.15) is 54.4 Å². The maximum absolute atomic E-state index is 13.2. The molecule has 1 fully saturated rings. The van der Waals surface area contributed by atoms with E-state index >= 15 is 0 Å². The van der Waals surface area contributed by atoms with E-state index in [0.29, 0.717) is 6.42 Å². The van der Waals surface area contributed by atoms with E-state index in [4.69, 9.17) is 14.3 Å². The molecule has 1 aromatic rings. The van der Waals surface area contributed by atoms with Crippen molar-refractivity contribution in [3.8, 4) is 0 Å². The number of ether oxygens (including phenoxy) is 2. The maximum atomic E-state index is 13.2. The minimum Gasteiger partial charge on any atom is -0.444 e. The summed E-state index contributed by atoms with van der Waals surface area (Å²) in [5.74, 6) is -1.10. The van der Waals surface area contributed by atoms with E-state index in [1.165, 1.54) is 39.0 Å². The first kappa shape index (κ1) is 26.9. The molecule has 0 radical (unpaired) electrons. The van der Waals surface area contributed by atoms with Crippen molar-refractivity contribution >= 4 is 44.1 Å². The second-order valence-electron chi connectivity index (χ2n) is 9.39. The Morgan fingerprint density at radius 1 is 1.03 bits per heavy atom. The molecular weight excluding hydrogens is 520 g/mol. The zero-order valence-electron chi connectivity index (χ0n) is 19.5. The van der Waals surface area contributed by atoms with Crippen molar-refractivity contribution in [3.05, 3.63) is 28.7 Å². The average molecular weight is 549 g/mol. The van der Waals surface area contributed by atoms with Gasteiger partial charge in [0.2, 0.25) is 0 Å². The largest absolute Gasteiger partial charge is 0.459 e. The van der Waals surface area contributed by atoms with Crippen molar-refractivity contribution in [2.24, 2.45) is 0 Å². The fraction of sp³-hybridized carbons (Fsp3) is 0.571. The van der Waals surface area contributed by atoms with Gasteiger partial charge in [-0.1, -0.05) is 12.1 Å². The van der Waals surface area contributed by atoms with Gasteiger partial charge in [-0.25, -0.2) is 14.4 Å². The number of sulfonamides is 1. The predicted molar refractivity (Wildman–Crippen MR) is 121 cm³/mol. The fourth-order valence-corrected chi connectivity index (χ4v) is 4.97. The quantitative estimate of drug-likeness (QED) is 0.514. The highest BCUT2D eigenvalue weighted by atomic mass is 79.9. The Hall–Kier alpha value is -2.34. The number of hydroxylamine groups is 1. The van der Waals surface area contributed by atoms with E-state index in [1.807, 2.05) is 0 Å². The molecule has 0 spiro atoms. The third kappa shape index (κ3) is 7.07. The fourth-order valence-electron chi connectivity index (χ4n) is 2.92. The summed E-state index contributed by atoms with van der Waals surface area (Å²) in [5.41, 5.74) is -1.86. The van der Waals surface area contributed by atoms with Crippen molar-refractivity contribution < 1.29 is 37.1 Å². The molecule has 184 valence electrons. The van der Waals surface area contributed by atoms with Gasteiger partial charge in [-0.3, -0.25) is 4.90 Å². The SMILES string of the molecule is CC(C)(C)OC(=O)N1CCC[C@H]1C(=O)ON(C(=O)OC(C)(C)C)S(=O)(=O)c1ccccc1Br. The van der Waals surface area contributed by atoms with Gasteiger partial charge < -0.3 is 14.3 Å². The number of halogens is 1. The number of amides is 2. The molecule has 33 heavy (non-hydrogen) atoms. The Labute approximate surface area is 202 Å². The summed E-state index contributed by atoms with van der Waals surface area (Å²) in [4.78, 5) is 44.2. The first-order chi connectivity index (χ1) is 15.0. The molecule has 1 aromatic carbocycles. The zero-order chi connectivity index (χ0) is 25.2. The Balaban J connectivity index is 2.36. The second kappa shape index (κ2) is 9.88. The highest BCUT2D eigenvalue weighted by molar-refractivity contribution is 9.10. The van der Waals surface area contributed by atoms with Gasteiger partial charge in [0.1, 0.15) is 22.1 Å². The van der Waals surface area contributed by atoms with E-state index in [-0.39, 0.29) is 26.8 Å². The van der Waals surface area contributed by atoms with E-state index < -0.39 is 45.4 Å². The molecule has 1 heterocycles. The summed E-state index contributed by atoms with van der Waals surface area (Å²) in [5, 5.41) is 0. The molecule has 2 amide bonds. The molecule has 1 aliphatic heterocycles. The van der Waals surface area contributed by atoms with Crippen LogP contribution in [0.25, 0.3) is 0 Å². The van der Waals surface area contributed by atoms with Gasteiger partial charge in [-0.05, 0) is 86.9 Å². The predicted octanol–water partition coefficient (Wildman–Crippen LogP) is 4.23. The van der Waals surface area contributed by atoms with Crippen molar-refractivity contribution in [1.82, 2.24) is 9.37 Å². The van der Waals surface area contributed by atoms with Crippen molar-refractivity contribution in [2.45, 2.75) is 76.5 Å². The molecule has 0 saturated carbocycles. The summed E-state index contributed by atoms with van der Waals surface area (Å²) >= 11 is 3.13. The van der Waals surface area contributed by atoms with Crippen molar-refractivity contribution in [2.75, 3.05) is 6.54 Å². The van der Waals surface area contributed by atoms with Gasteiger partial charge in [0, 0.05) is 11.0 Å². The lowest BCUT2D eigenvalue weighted by Gasteiger charge is -2.29. The monoisotopic (exact) mass is 548 g/mol. The topological polar surface area (TPSA) is 120 Å². The summed E-state index contributed by atoms with van der Waals surface area (Å²) < 4.78 is 37.1. The number of carbonyl (C=O) groups excluding carboxylic acids is 3. The summed E-state index contributed by atoms with van der Waals surface area (Å²) in [7, 11) is -4.66. The lowest BCUT2D eigenvalue weighted by atomic mass is 10.2. The van der Waals surface area contributed by atoms with Crippen LogP contribution in [0.2, 0.25) is 0 Å². The first-order valence-corrected chi connectivity index (χ1v) is 12.5. The number of likely N-dealkylation sites (tertiary alicyclic amines) is 1. The number of benzene rings is 1. The number of nitrogens with zero attached hydrogens (tertiary/aromatic N) is 2. The molecule has 1 aliphatic rings. The molecule has 0 unspecified atom stereocenters. The number of hydrogen-bond donors (Lipinski definition) is 0. The average Bonchev–Trinajstić information content (AvgIpc) is 3.13. The van der Waals surface area contributed by atoms with Crippen LogP contribution in [0.4, 0.5) is 9.59 Å². The van der Waals surface area contributed by atoms with Crippen LogP contribution in [0.3, 0.4) is 0 Å². The second-order valence-corrected chi connectivity index (χ2v) is 12.0. The maximum Gasteiger partial charge on any atom is 0.459 e. The highest BCUT2D eigenvalue weighted by Gasteiger charge is 2.43. The Kier molecular flexibility index (Phi) is 8.06.